The van der Waals surface area contributed by atoms with Crippen LogP contribution in [0.25, 0.3) is 0 Å². The Bertz CT molecular complexity index is 177. The molecule has 2 heteroatoms. The van der Waals surface area contributed by atoms with Crippen LogP contribution in [0.2, 0.25) is 0 Å². The van der Waals surface area contributed by atoms with Crippen molar-refractivity contribution in [3.63, 3.8) is 0 Å². The van der Waals surface area contributed by atoms with Crippen LogP contribution in [0.15, 0.2) is 12.7 Å². The molecule has 76 valence electrons. The van der Waals surface area contributed by atoms with Crippen LogP contribution in [0.1, 0.15) is 40.0 Å². The van der Waals surface area contributed by atoms with Crippen LogP contribution in [0.4, 0.5) is 0 Å². The first kappa shape index (κ1) is 12.2. The minimum Gasteiger partial charge on any atom is -0.352 e. The van der Waals surface area contributed by atoms with Crippen molar-refractivity contribution in [1.82, 2.24) is 5.32 Å². The number of nitrogens with one attached hydrogen (secondary N) is 1. The van der Waals surface area contributed by atoms with Gasteiger partial charge < -0.3 is 5.32 Å². The molecule has 2 nitrogen and oxygen atoms in total. The summed E-state index contributed by atoms with van der Waals surface area (Å²) >= 11 is 0. The predicted molar refractivity (Wildman–Crippen MR) is 56.5 cm³/mol. The molecule has 0 aromatic carbocycles. The first-order chi connectivity index (χ1) is 6.08. The van der Waals surface area contributed by atoms with E-state index in [2.05, 4.69) is 32.7 Å². The van der Waals surface area contributed by atoms with Gasteiger partial charge in [0.05, 0.1) is 0 Å². The zero-order valence-electron chi connectivity index (χ0n) is 9.02. The van der Waals surface area contributed by atoms with E-state index in [4.69, 9.17) is 0 Å². The Labute approximate surface area is 81.4 Å². The van der Waals surface area contributed by atoms with Crippen molar-refractivity contribution < 1.29 is 4.79 Å². The molecule has 1 N–H and O–H groups in total. The van der Waals surface area contributed by atoms with Crippen LogP contribution in [-0.2, 0) is 4.79 Å². The van der Waals surface area contributed by atoms with E-state index in [0.29, 0.717) is 0 Å². The van der Waals surface area contributed by atoms with Crippen molar-refractivity contribution in [3.8, 4) is 0 Å². The molecule has 0 aliphatic heterocycles. The summed E-state index contributed by atoms with van der Waals surface area (Å²) in [5, 5.41) is 2.85. The summed E-state index contributed by atoms with van der Waals surface area (Å²) < 4.78 is 0. The Morgan fingerprint density at radius 3 is 2.54 bits per heavy atom. The molecule has 0 fully saturated rings. The maximum atomic E-state index is 10.9. The molecular weight excluding hydrogens is 162 g/mol. The molecule has 0 aliphatic carbocycles. The van der Waals surface area contributed by atoms with Gasteiger partial charge in [-0.25, -0.2) is 0 Å². The molecule has 0 aliphatic rings. The van der Waals surface area contributed by atoms with Gasteiger partial charge in [0.1, 0.15) is 0 Å². The zero-order chi connectivity index (χ0) is 10.3. The molecule has 0 spiro atoms. The summed E-state index contributed by atoms with van der Waals surface area (Å²) in [6, 6.07) is 0. The van der Waals surface area contributed by atoms with E-state index >= 15 is 0 Å². The smallest absolute Gasteiger partial charge is 0.243 e. The van der Waals surface area contributed by atoms with Crippen LogP contribution in [0, 0.1) is 5.41 Å². The van der Waals surface area contributed by atoms with E-state index in [1.54, 1.807) is 0 Å². The minimum absolute atomic E-state index is 0.0734. The molecule has 0 heterocycles. The molecule has 0 aromatic rings. The van der Waals surface area contributed by atoms with E-state index in [1.807, 2.05) is 0 Å². The first-order valence-electron chi connectivity index (χ1n) is 4.98. The average molecular weight is 183 g/mol. The highest BCUT2D eigenvalue weighted by Crippen LogP contribution is 2.25. The molecule has 0 radical (unpaired) electrons. The van der Waals surface area contributed by atoms with Crippen molar-refractivity contribution in [1.29, 1.82) is 0 Å². The SMILES string of the molecule is C=CC(=O)NCC(C)(CC)CCC. The highest BCUT2D eigenvalue weighted by Gasteiger charge is 2.20. The Hall–Kier alpha value is -0.790. The van der Waals surface area contributed by atoms with E-state index in [9.17, 15) is 4.79 Å². The highest BCUT2D eigenvalue weighted by molar-refractivity contribution is 5.86. The van der Waals surface area contributed by atoms with Crippen LogP contribution in [0.5, 0.6) is 0 Å². The van der Waals surface area contributed by atoms with Gasteiger partial charge in [0.15, 0.2) is 0 Å². The standard InChI is InChI=1S/C11H21NO/c1-5-8-11(4,7-3)9-12-10(13)6-2/h6H,2,5,7-9H2,1,3-4H3,(H,12,13). The quantitative estimate of drug-likeness (QED) is 0.630. The monoisotopic (exact) mass is 183 g/mol. The van der Waals surface area contributed by atoms with Crippen LogP contribution in [0.3, 0.4) is 0 Å². The number of rotatable bonds is 6. The van der Waals surface area contributed by atoms with Crippen molar-refractivity contribution in [2.75, 3.05) is 6.54 Å². The van der Waals surface area contributed by atoms with Crippen LogP contribution >= 0.6 is 0 Å². The lowest BCUT2D eigenvalue weighted by atomic mass is 9.83. The van der Waals surface area contributed by atoms with E-state index in [0.717, 1.165) is 25.8 Å². The lowest BCUT2D eigenvalue weighted by molar-refractivity contribution is -0.117. The predicted octanol–water partition coefficient (Wildman–Crippen LogP) is 2.51. The van der Waals surface area contributed by atoms with Gasteiger partial charge in [0.25, 0.3) is 0 Å². The maximum absolute atomic E-state index is 10.9. The fourth-order valence-corrected chi connectivity index (χ4v) is 1.37. The molecule has 1 unspecified atom stereocenters. The van der Waals surface area contributed by atoms with Crippen molar-refractivity contribution in [2.45, 2.75) is 40.0 Å². The summed E-state index contributed by atoms with van der Waals surface area (Å²) in [5.41, 5.74) is 0.243. The summed E-state index contributed by atoms with van der Waals surface area (Å²) in [6.45, 7) is 10.7. The number of carbonyl (C=O) groups is 1. The van der Waals surface area contributed by atoms with Gasteiger partial charge in [-0.2, -0.15) is 0 Å². The van der Waals surface area contributed by atoms with Gasteiger partial charge >= 0.3 is 0 Å². The lowest BCUT2D eigenvalue weighted by Gasteiger charge is -2.27. The van der Waals surface area contributed by atoms with Crippen LogP contribution in [-0.4, -0.2) is 12.5 Å². The molecule has 13 heavy (non-hydrogen) atoms. The largest absolute Gasteiger partial charge is 0.352 e. The fraction of sp³-hybridized carbons (Fsp3) is 0.727. The Morgan fingerprint density at radius 1 is 1.54 bits per heavy atom. The second-order valence-electron chi connectivity index (χ2n) is 3.84. The highest BCUT2D eigenvalue weighted by atomic mass is 16.1. The van der Waals surface area contributed by atoms with Crippen molar-refractivity contribution in [2.24, 2.45) is 5.41 Å². The molecule has 0 saturated carbocycles. The fourth-order valence-electron chi connectivity index (χ4n) is 1.37. The number of carbonyl (C=O) groups excluding carboxylic acids is 1. The Kier molecular flexibility index (Phi) is 5.44. The third kappa shape index (κ3) is 4.71. The summed E-state index contributed by atoms with van der Waals surface area (Å²) in [4.78, 5) is 10.9. The van der Waals surface area contributed by atoms with Gasteiger partial charge in [-0.3, -0.25) is 4.79 Å². The van der Waals surface area contributed by atoms with Crippen molar-refractivity contribution in [3.05, 3.63) is 12.7 Å². The molecule has 1 amide bonds. The third-order valence-electron chi connectivity index (χ3n) is 2.58. The number of hydrogen-bond acceptors (Lipinski definition) is 1. The zero-order valence-corrected chi connectivity index (χ0v) is 9.02. The van der Waals surface area contributed by atoms with Crippen LogP contribution < -0.4 is 5.32 Å². The van der Waals surface area contributed by atoms with E-state index in [1.165, 1.54) is 6.08 Å². The summed E-state index contributed by atoms with van der Waals surface area (Å²) in [7, 11) is 0. The molecule has 1 atom stereocenters. The van der Waals surface area contributed by atoms with Gasteiger partial charge in [-0.05, 0) is 24.3 Å². The molecule has 0 rings (SSSR count). The Morgan fingerprint density at radius 2 is 2.15 bits per heavy atom. The average Bonchev–Trinajstić information content (AvgIpc) is 2.15. The normalized spacial score (nSPS) is 14.7. The Balaban J connectivity index is 3.96. The van der Waals surface area contributed by atoms with E-state index in [-0.39, 0.29) is 11.3 Å². The van der Waals surface area contributed by atoms with Gasteiger partial charge in [0.2, 0.25) is 5.91 Å². The summed E-state index contributed by atoms with van der Waals surface area (Å²) in [5.74, 6) is -0.0734. The number of amides is 1. The van der Waals surface area contributed by atoms with E-state index < -0.39 is 0 Å². The molecule has 0 aromatic heterocycles. The second-order valence-corrected chi connectivity index (χ2v) is 3.84. The molecule has 0 bridgehead atoms. The summed E-state index contributed by atoms with van der Waals surface area (Å²) in [6.07, 6.45) is 4.73. The second kappa shape index (κ2) is 5.79. The maximum Gasteiger partial charge on any atom is 0.243 e. The van der Waals surface area contributed by atoms with Gasteiger partial charge in [-0.15, -0.1) is 0 Å². The van der Waals surface area contributed by atoms with Gasteiger partial charge in [0, 0.05) is 6.54 Å². The molecular formula is C11H21NO. The van der Waals surface area contributed by atoms with Gasteiger partial charge in [-0.1, -0.05) is 33.8 Å². The number of hydrogen-bond donors (Lipinski definition) is 1. The topological polar surface area (TPSA) is 29.1 Å². The minimum atomic E-state index is -0.0734. The lowest BCUT2D eigenvalue weighted by Crippen LogP contribution is -2.34. The first-order valence-corrected chi connectivity index (χ1v) is 4.98. The molecule has 0 saturated heterocycles. The third-order valence-corrected chi connectivity index (χ3v) is 2.58. The van der Waals surface area contributed by atoms with Crippen molar-refractivity contribution >= 4 is 5.91 Å².